The largest absolute Gasteiger partial charge is 0.454 e. The van der Waals surface area contributed by atoms with Crippen LogP contribution in [-0.2, 0) is 9.47 Å². The van der Waals surface area contributed by atoms with Gasteiger partial charge < -0.3 is 18.3 Å². The van der Waals surface area contributed by atoms with Gasteiger partial charge in [-0.15, -0.1) is 0 Å². The molecule has 0 radical (unpaired) electrons. The van der Waals surface area contributed by atoms with E-state index in [2.05, 4.69) is 0 Å². The fourth-order valence-electron chi connectivity index (χ4n) is 4.01. The number of hydrogen-bond donors (Lipinski definition) is 0. The minimum Gasteiger partial charge on any atom is -0.454 e. The second-order valence-corrected chi connectivity index (χ2v) is 11.0. The zero-order chi connectivity index (χ0) is 27.2. The first-order chi connectivity index (χ1) is 17.9. The summed E-state index contributed by atoms with van der Waals surface area (Å²) in [6, 6.07) is 18.6. The molecule has 0 atom stereocenters. The van der Waals surface area contributed by atoms with Crippen LogP contribution in [0.4, 0.5) is 9.59 Å². The van der Waals surface area contributed by atoms with Crippen molar-refractivity contribution >= 4 is 45.5 Å². The number of para-hydroxylation sites is 2. The molecule has 0 unspecified atom stereocenters. The minimum atomic E-state index is -0.758. The van der Waals surface area contributed by atoms with Crippen LogP contribution in [-0.4, -0.2) is 33.2 Å². The zero-order valence-electron chi connectivity index (χ0n) is 22.3. The first kappa shape index (κ1) is 25.2. The Morgan fingerprint density at radius 2 is 1.00 bits per heavy atom. The van der Waals surface area contributed by atoms with Crippen molar-refractivity contribution in [2.45, 2.75) is 52.7 Å². The number of rotatable bonds is 2. The van der Waals surface area contributed by atoms with Gasteiger partial charge in [-0.2, -0.15) is 0 Å². The minimum absolute atomic E-state index is 0.307. The highest BCUT2D eigenvalue weighted by molar-refractivity contribution is 5.94. The Bertz CT molecular complexity index is 1410. The van der Waals surface area contributed by atoms with Crippen molar-refractivity contribution in [3.63, 3.8) is 0 Å². The lowest BCUT2D eigenvalue weighted by Gasteiger charge is -2.33. The van der Waals surface area contributed by atoms with E-state index in [0.29, 0.717) is 34.1 Å². The summed E-state index contributed by atoms with van der Waals surface area (Å²) in [6.07, 6.45) is 1.75. The zero-order valence-corrected chi connectivity index (χ0v) is 22.3. The number of hydrogen-bond acceptors (Lipinski definition) is 6. The number of carbonyl (C=O) groups excluding carboxylic acids is 2. The van der Waals surface area contributed by atoms with E-state index in [1.807, 2.05) is 60.7 Å². The molecule has 8 heteroatoms. The first-order valence-electron chi connectivity index (χ1n) is 12.3. The summed E-state index contributed by atoms with van der Waals surface area (Å²) >= 11 is 0. The van der Waals surface area contributed by atoms with Crippen molar-refractivity contribution in [3.05, 3.63) is 84.6 Å². The predicted molar refractivity (Wildman–Crippen MR) is 145 cm³/mol. The van der Waals surface area contributed by atoms with Crippen LogP contribution in [0.1, 0.15) is 53.1 Å². The van der Waals surface area contributed by atoms with Crippen molar-refractivity contribution in [1.82, 2.24) is 9.80 Å². The second kappa shape index (κ2) is 9.13. The van der Waals surface area contributed by atoms with E-state index in [4.69, 9.17) is 18.3 Å². The van der Waals surface area contributed by atoms with Gasteiger partial charge >= 0.3 is 12.2 Å². The van der Waals surface area contributed by atoms with Gasteiger partial charge in [-0.3, -0.25) is 0 Å². The second-order valence-electron chi connectivity index (χ2n) is 11.0. The van der Waals surface area contributed by atoms with Gasteiger partial charge in [0, 0.05) is 23.2 Å². The smallest absolute Gasteiger partial charge is 0.419 e. The summed E-state index contributed by atoms with van der Waals surface area (Å²) in [7, 11) is 0. The molecule has 2 aromatic heterocycles. The molecule has 8 nitrogen and oxygen atoms in total. The Hall–Kier alpha value is -4.46. The van der Waals surface area contributed by atoms with E-state index in [1.54, 1.807) is 41.5 Å². The van der Waals surface area contributed by atoms with Crippen molar-refractivity contribution in [2.75, 3.05) is 0 Å². The summed E-state index contributed by atoms with van der Waals surface area (Å²) in [6.45, 7) is 10.7. The maximum absolute atomic E-state index is 13.5. The lowest BCUT2D eigenvalue weighted by molar-refractivity contribution is 0.0358. The van der Waals surface area contributed by atoms with E-state index in [9.17, 15) is 9.59 Å². The van der Waals surface area contributed by atoms with Crippen LogP contribution in [0.15, 0.2) is 81.9 Å². The van der Waals surface area contributed by atoms with Crippen LogP contribution in [0.3, 0.4) is 0 Å². The van der Waals surface area contributed by atoms with Gasteiger partial charge in [-0.1, -0.05) is 36.4 Å². The highest BCUT2D eigenvalue weighted by Gasteiger charge is 2.36. The van der Waals surface area contributed by atoms with Gasteiger partial charge in [-0.05, 0) is 65.8 Å². The van der Waals surface area contributed by atoms with Gasteiger partial charge in [0.2, 0.25) is 0 Å². The van der Waals surface area contributed by atoms with Gasteiger partial charge in [0.1, 0.15) is 33.8 Å². The fraction of sp³-hybridized carbons (Fsp3) is 0.267. The molecule has 5 rings (SSSR count). The molecule has 38 heavy (non-hydrogen) atoms. The number of amides is 2. The van der Waals surface area contributed by atoms with Crippen LogP contribution in [0.2, 0.25) is 0 Å². The molecule has 1 aliphatic heterocycles. The standard InChI is InChI=1S/C30H30N2O6/c1-29(2,3)37-27(33)31-17-22(26-16-20-12-8-10-14-24(20)36-26)32(28(34)38-30(4,5)6)18-21(31)25-15-19-11-7-9-13-23(19)35-25/h7-18H,1-6H3. The molecule has 3 heterocycles. The molecule has 0 bridgehead atoms. The lowest BCUT2D eigenvalue weighted by Crippen LogP contribution is -2.39. The molecule has 0 saturated heterocycles. The number of nitrogens with zero attached hydrogens (tertiary/aromatic N) is 2. The van der Waals surface area contributed by atoms with Crippen LogP contribution < -0.4 is 0 Å². The van der Waals surface area contributed by atoms with Crippen LogP contribution in [0, 0.1) is 0 Å². The molecule has 4 aromatic rings. The molecule has 0 N–H and O–H groups in total. The highest BCUT2D eigenvalue weighted by Crippen LogP contribution is 2.37. The third-order valence-electron chi connectivity index (χ3n) is 5.56. The van der Waals surface area contributed by atoms with Gasteiger partial charge in [-0.25, -0.2) is 19.4 Å². The molecule has 0 fully saturated rings. The topological polar surface area (TPSA) is 85.4 Å². The highest BCUT2D eigenvalue weighted by atomic mass is 16.6. The van der Waals surface area contributed by atoms with Crippen molar-refractivity contribution in [3.8, 4) is 0 Å². The van der Waals surface area contributed by atoms with Crippen LogP contribution in [0.5, 0.6) is 0 Å². The average Bonchev–Trinajstić information content (AvgIpc) is 3.45. The molecular formula is C30H30N2O6. The van der Waals surface area contributed by atoms with Crippen molar-refractivity contribution in [1.29, 1.82) is 0 Å². The van der Waals surface area contributed by atoms with Crippen LogP contribution in [0.25, 0.3) is 33.3 Å². The maximum atomic E-state index is 13.5. The van der Waals surface area contributed by atoms with Gasteiger partial charge in [0.15, 0.2) is 11.5 Å². The Labute approximate surface area is 220 Å². The molecule has 1 aliphatic rings. The number of fused-ring (bicyclic) bond motifs is 2. The molecular weight excluding hydrogens is 484 g/mol. The Kier molecular flexibility index (Phi) is 6.06. The summed E-state index contributed by atoms with van der Waals surface area (Å²) in [4.78, 5) is 29.6. The quantitative estimate of drug-likeness (QED) is 0.270. The Morgan fingerprint density at radius 3 is 1.34 bits per heavy atom. The van der Waals surface area contributed by atoms with E-state index >= 15 is 0 Å². The third-order valence-corrected chi connectivity index (χ3v) is 5.56. The van der Waals surface area contributed by atoms with E-state index < -0.39 is 23.4 Å². The van der Waals surface area contributed by atoms with E-state index in [0.717, 1.165) is 10.8 Å². The Morgan fingerprint density at radius 1 is 0.632 bits per heavy atom. The first-order valence-corrected chi connectivity index (χ1v) is 12.3. The molecule has 0 spiro atoms. The number of carbonyl (C=O) groups is 2. The molecule has 0 saturated carbocycles. The van der Waals surface area contributed by atoms with E-state index in [1.165, 1.54) is 22.2 Å². The lowest BCUT2D eigenvalue weighted by atomic mass is 10.1. The predicted octanol–water partition coefficient (Wildman–Crippen LogP) is 7.96. The fourth-order valence-corrected chi connectivity index (χ4v) is 4.01. The summed E-state index contributed by atoms with van der Waals surface area (Å²) in [5.41, 5.74) is 0.381. The van der Waals surface area contributed by atoms with E-state index in [-0.39, 0.29) is 0 Å². The maximum Gasteiger partial charge on any atom is 0.419 e. The summed E-state index contributed by atoms with van der Waals surface area (Å²) in [5, 5.41) is 1.70. The summed E-state index contributed by atoms with van der Waals surface area (Å²) in [5.74, 6) is 0.760. The molecule has 196 valence electrons. The van der Waals surface area contributed by atoms with Crippen molar-refractivity contribution < 1.29 is 27.9 Å². The third kappa shape index (κ3) is 5.16. The monoisotopic (exact) mass is 514 g/mol. The number of furan rings is 2. The molecule has 0 aliphatic carbocycles. The number of benzene rings is 2. The average molecular weight is 515 g/mol. The summed E-state index contributed by atoms with van der Waals surface area (Å²) < 4.78 is 23.6. The normalized spacial score (nSPS) is 14.5. The van der Waals surface area contributed by atoms with Crippen molar-refractivity contribution in [2.24, 2.45) is 0 Å². The molecule has 2 amide bonds. The SMILES string of the molecule is CC(C)(C)OC(=O)N1C=C(c2cc3ccccc3o2)N(C(=O)OC(C)(C)C)C=C1c1cc2ccccc2o1. The van der Waals surface area contributed by atoms with Crippen LogP contribution >= 0.6 is 0 Å². The van der Waals surface area contributed by atoms with Gasteiger partial charge in [0.05, 0.1) is 0 Å². The number of ether oxygens (including phenoxy) is 2. The molecule has 2 aromatic carbocycles. The van der Waals surface area contributed by atoms with Gasteiger partial charge in [0.25, 0.3) is 0 Å². The Balaban J connectivity index is 1.68.